The maximum absolute atomic E-state index is 12.9. The summed E-state index contributed by atoms with van der Waals surface area (Å²) in [4.78, 5) is 25.7. The van der Waals surface area contributed by atoms with Crippen LogP contribution >= 0.6 is 0 Å². The molecule has 1 aromatic carbocycles. The van der Waals surface area contributed by atoms with Crippen molar-refractivity contribution >= 4 is 18.0 Å². The van der Waals surface area contributed by atoms with Gasteiger partial charge < -0.3 is 9.47 Å². The molecule has 1 heterocycles. The number of hydrogen-bond donors (Lipinski definition) is 0. The Labute approximate surface area is 151 Å². The lowest BCUT2D eigenvalue weighted by atomic mass is 9.85. The average molecular weight is 352 g/mol. The fourth-order valence-electron chi connectivity index (χ4n) is 5.23. The topological polar surface area (TPSA) is 68.2 Å². The molecule has 6 heteroatoms. The molecule has 1 aliphatic heterocycles. The van der Waals surface area contributed by atoms with E-state index in [9.17, 15) is 9.59 Å². The van der Waals surface area contributed by atoms with Crippen molar-refractivity contribution < 1.29 is 19.1 Å². The largest absolute Gasteiger partial charge is 0.493 e. The summed E-state index contributed by atoms with van der Waals surface area (Å²) < 4.78 is 10.5. The number of allylic oxidation sites excluding steroid dienone is 2. The van der Waals surface area contributed by atoms with Gasteiger partial charge in [0.15, 0.2) is 11.5 Å². The molecule has 2 bridgehead atoms. The first-order chi connectivity index (χ1) is 12.6. The van der Waals surface area contributed by atoms with E-state index in [0.717, 1.165) is 23.4 Å². The van der Waals surface area contributed by atoms with E-state index in [-0.39, 0.29) is 40.9 Å². The van der Waals surface area contributed by atoms with Crippen LogP contribution in [0, 0.1) is 29.1 Å². The smallest absolute Gasteiger partial charge is 0.254 e. The van der Waals surface area contributed by atoms with Gasteiger partial charge in [-0.05, 0) is 53.9 Å². The van der Waals surface area contributed by atoms with Crippen LogP contribution in [0.1, 0.15) is 18.4 Å². The number of fused-ring (bicyclic) bond motifs is 3. The summed E-state index contributed by atoms with van der Waals surface area (Å²) in [7, 11) is 3.13. The standard InChI is InChI=1S/C20H20N2O4/c1-25-14-6-3-11(9-15(14)26-2)10-21-22-18(23)16-12-4-5-13(17(16)19(22)24)20(12)7-8-20/h3-6,9-10,12-13,16-17H,7-8H2,1-2H3/b21-10-/t12-,13+,16+,17-. The summed E-state index contributed by atoms with van der Waals surface area (Å²) in [5.74, 6) is 0.880. The van der Waals surface area contributed by atoms with E-state index >= 15 is 0 Å². The zero-order chi connectivity index (χ0) is 18.1. The second kappa shape index (κ2) is 5.19. The zero-order valence-electron chi connectivity index (χ0n) is 14.7. The van der Waals surface area contributed by atoms with Crippen molar-refractivity contribution in [1.29, 1.82) is 0 Å². The molecule has 1 aromatic rings. The minimum absolute atomic E-state index is 0.153. The lowest BCUT2D eigenvalue weighted by Crippen LogP contribution is -2.30. The quantitative estimate of drug-likeness (QED) is 0.473. The Morgan fingerprint density at radius 1 is 1.04 bits per heavy atom. The molecule has 3 fully saturated rings. The highest BCUT2D eigenvalue weighted by Crippen LogP contribution is 2.73. The van der Waals surface area contributed by atoms with Crippen LogP contribution in [0.2, 0.25) is 0 Å². The van der Waals surface area contributed by atoms with E-state index in [2.05, 4.69) is 17.3 Å². The Balaban J connectivity index is 1.40. The number of nitrogens with zero attached hydrogens (tertiary/aromatic N) is 2. The van der Waals surface area contributed by atoms with Gasteiger partial charge in [-0.3, -0.25) is 9.59 Å². The summed E-state index contributed by atoms with van der Waals surface area (Å²) in [6, 6.07) is 5.34. The van der Waals surface area contributed by atoms with Crippen LogP contribution in [0.5, 0.6) is 11.5 Å². The minimum atomic E-state index is -0.220. The third kappa shape index (κ3) is 1.84. The van der Waals surface area contributed by atoms with Gasteiger partial charge in [-0.1, -0.05) is 12.2 Å². The van der Waals surface area contributed by atoms with Crippen LogP contribution in [0.3, 0.4) is 0 Å². The number of methoxy groups -OCH3 is 2. The number of rotatable bonds is 4. The van der Waals surface area contributed by atoms with Gasteiger partial charge in [-0.15, -0.1) is 0 Å². The van der Waals surface area contributed by atoms with Crippen molar-refractivity contribution in [3.05, 3.63) is 35.9 Å². The monoisotopic (exact) mass is 352 g/mol. The second-order valence-electron chi connectivity index (χ2n) is 7.57. The first-order valence-electron chi connectivity index (χ1n) is 8.93. The number of amides is 2. The predicted octanol–water partition coefficient (Wildman–Crippen LogP) is 2.23. The summed E-state index contributed by atoms with van der Waals surface area (Å²) in [6.07, 6.45) is 8.12. The van der Waals surface area contributed by atoms with E-state index in [1.807, 2.05) is 0 Å². The number of benzene rings is 1. The Morgan fingerprint density at radius 2 is 1.65 bits per heavy atom. The summed E-state index contributed by atoms with van der Waals surface area (Å²) in [5.41, 5.74) is 0.944. The molecule has 1 saturated heterocycles. The van der Waals surface area contributed by atoms with Gasteiger partial charge in [0, 0.05) is 0 Å². The summed E-state index contributed by atoms with van der Waals surface area (Å²) >= 11 is 0. The van der Waals surface area contributed by atoms with Crippen molar-refractivity contribution in [2.24, 2.45) is 34.2 Å². The van der Waals surface area contributed by atoms with Crippen LogP contribution < -0.4 is 9.47 Å². The molecule has 0 unspecified atom stereocenters. The molecule has 4 atom stereocenters. The van der Waals surface area contributed by atoms with Gasteiger partial charge in [0.25, 0.3) is 11.8 Å². The van der Waals surface area contributed by atoms with Gasteiger partial charge in [-0.2, -0.15) is 10.1 Å². The van der Waals surface area contributed by atoms with Crippen LogP contribution in [-0.2, 0) is 9.59 Å². The van der Waals surface area contributed by atoms with Gasteiger partial charge in [0.1, 0.15) is 0 Å². The highest BCUT2D eigenvalue weighted by atomic mass is 16.5. The first kappa shape index (κ1) is 15.6. The number of ether oxygens (including phenoxy) is 2. The average Bonchev–Trinajstić information content (AvgIpc) is 3.26. The lowest BCUT2D eigenvalue weighted by Gasteiger charge is -2.18. The van der Waals surface area contributed by atoms with Crippen LogP contribution in [0.15, 0.2) is 35.5 Å². The van der Waals surface area contributed by atoms with E-state index in [4.69, 9.17) is 9.47 Å². The molecule has 0 aromatic heterocycles. The third-order valence-electron chi connectivity index (χ3n) is 6.56. The fourth-order valence-corrected chi connectivity index (χ4v) is 5.23. The Bertz CT molecular complexity index is 837. The Kier molecular flexibility index (Phi) is 3.12. The van der Waals surface area contributed by atoms with E-state index in [1.54, 1.807) is 32.4 Å². The Morgan fingerprint density at radius 3 is 2.19 bits per heavy atom. The Hall–Kier alpha value is -2.63. The normalized spacial score (nSPS) is 32.8. The molecule has 5 rings (SSSR count). The molecule has 4 aliphatic rings. The predicted molar refractivity (Wildman–Crippen MR) is 93.8 cm³/mol. The third-order valence-corrected chi connectivity index (χ3v) is 6.56. The summed E-state index contributed by atoms with van der Waals surface area (Å²) in [6.45, 7) is 0. The number of hydrazone groups is 1. The van der Waals surface area contributed by atoms with Crippen LogP contribution in [0.25, 0.3) is 0 Å². The summed E-state index contributed by atoms with van der Waals surface area (Å²) in [5, 5.41) is 5.30. The highest BCUT2D eigenvalue weighted by molar-refractivity contribution is 6.07. The molecule has 1 spiro atoms. The van der Waals surface area contributed by atoms with Crippen LogP contribution in [-0.4, -0.2) is 37.3 Å². The molecule has 3 aliphatic carbocycles. The zero-order valence-corrected chi connectivity index (χ0v) is 14.7. The molecule has 2 saturated carbocycles. The van der Waals surface area contributed by atoms with E-state index in [0.29, 0.717) is 11.5 Å². The minimum Gasteiger partial charge on any atom is -0.493 e. The molecule has 0 radical (unpaired) electrons. The highest BCUT2D eigenvalue weighted by Gasteiger charge is 2.73. The number of carbonyl (C=O) groups is 2. The van der Waals surface area contributed by atoms with Crippen molar-refractivity contribution in [2.75, 3.05) is 14.2 Å². The molecular weight excluding hydrogens is 332 g/mol. The number of imide groups is 1. The molecule has 134 valence electrons. The molecule has 2 amide bonds. The molecule has 26 heavy (non-hydrogen) atoms. The maximum atomic E-state index is 12.9. The SMILES string of the molecule is COc1ccc(/C=N\N2C(=O)[C@@H]3[C@H](C2=O)[C@@H]2C=C[C@H]3C23CC3)cc1OC. The lowest BCUT2D eigenvalue weighted by molar-refractivity contribution is -0.141. The number of carbonyl (C=O) groups excluding carboxylic acids is 2. The fraction of sp³-hybridized carbons (Fsp3) is 0.450. The molecular formula is C20H20N2O4. The van der Waals surface area contributed by atoms with E-state index < -0.39 is 0 Å². The van der Waals surface area contributed by atoms with Crippen molar-refractivity contribution in [1.82, 2.24) is 5.01 Å². The molecule has 6 nitrogen and oxygen atoms in total. The first-order valence-corrected chi connectivity index (χ1v) is 8.93. The van der Waals surface area contributed by atoms with Gasteiger partial charge in [0.05, 0.1) is 32.3 Å². The van der Waals surface area contributed by atoms with Crippen molar-refractivity contribution in [3.8, 4) is 11.5 Å². The van der Waals surface area contributed by atoms with Crippen molar-refractivity contribution in [3.63, 3.8) is 0 Å². The van der Waals surface area contributed by atoms with Gasteiger partial charge >= 0.3 is 0 Å². The van der Waals surface area contributed by atoms with Gasteiger partial charge in [0.2, 0.25) is 0 Å². The van der Waals surface area contributed by atoms with Crippen LogP contribution in [0.4, 0.5) is 0 Å². The second-order valence-corrected chi connectivity index (χ2v) is 7.57. The number of hydrogen-bond acceptors (Lipinski definition) is 5. The van der Waals surface area contributed by atoms with Crippen molar-refractivity contribution in [2.45, 2.75) is 12.8 Å². The molecule has 0 N–H and O–H groups in total. The van der Waals surface area contributed by atoms with E-state index in [1.165, 1.54) is 6.21 Å². The van der Waals surface area contributed by atoms with Gasteiger partial charge in [-0.25, -0.2) is 0 Å². The maximum Gasteiger partial charge on any atom is 0.254 e.